The zero-order valence-electron chi connectivity index (χ0n) is 11.4. The Kier molecular flexibility index (Phi) is 7.85. The minimum absolute atomic E-state index is 0.0278. The van der Waals surface area contributed by atoms with Gasteiger partial charge in [0.25, 0.3) is 10.1 Å². The largest absolute Gasteiger partial charge is 0.393 e. The summed E-state index contributed by atoms with van der Waals surface area (Å²) in [7, 11) is -4.03. The van der Waals surface area contributed by atoms with Crippen molar-refractivity contribution in [3.63, 3.8) is 0 Å². The molecule has 2 atom stereocenters. The predicted octanol–water partition coefficient (Wildman–Crippen LogP) is 1.77. The molecule has 2 unspecified atom stereocenters. The fourth-order valence-corrected chi connectivity index (χ4v) is 2.05. The van der Waals surface area contributed by atoms with Crippen molar-refractivity contribution in [3.8, 4) is 0 Å². The summed E-state index contributed by atoms with van der Waals surface area (Å²) in [6.45, 7) is 5.08. The second-order valence-corrected chi connectivity index (χ2v) is 5.91. The van der Waals surface area contributed by atoms with Gasteiger partial charge in [0.2, 0.25) is 0 Å². The van der Waals surface area contributed by atoms with Crippen molar-refractivity contribution in [1.82, 2.24) is 0 Å². The van der Waals surface area contributed by atoms with Crippen LogP contribution in [0.3, 0.4) is 0 Å². The molecule has 0 spiro atoms. The normalized spacial score (nSPS) is 14.2. The van der Waals surface area contributed by atoms with Crippen molar-refractivity contribution in [2.24, 2.45) is 0 Å². The van der Waals surface area contributed by atoms with Gasteiger partial charge in [0.05, 0.1) is 17.1 Å². The minimum atomic E-state index is -4.03. The Morgan fingerprint density at radius 3 is 1.74 bits per heavy atom. The number of hydrogen-bond donors (Lipinski definition) is 3. The van der Waals surface area contributed by atoms with E-state index >= 15 is 0 Å². The first kappa shape index (κ1) is 18.0. The lowest BCUT2D eigenvalue weighted by atomic mass is 10.1. The van der Waals surface area contributed by atoms with Crippen molar-refractivity contribution in [1.29, 1.82) is 0 Å². The first-order valence-electron chi connectivity index (χ1n) is 6.03. The van der Waals surface area contributed by atoms with Crippen LogP contribution in [-0.2, 0) is 10.1 Å². The van der Waals surface area contributed by atoms with E-state index in [2.05, 4.69) is 0 Å². The number of aliphatic hydroxyl groups is 2. The SMILES string of the molecule is CC(O)CCC(C)O.Cc1ccccc1S(=O)(=O)O. The number of aryl methyl sites for hydroxylation is 1. The molecule has 0 aliphatic heterocycles. The summed E-state index contributed by atoms with van der Waals surface area (Å²) >= 11 is 0. The van der Waals surface area contributed by atoms with Crippen molar-refractivity contribution >= 4 is 10.1 Å². The third-order valence-electron chi connectivity index (χ3n) is 2.37. The maximum Gasteiger partial charge on any atom is 0.294 e. The van der Waals surface area contributed by atoms with Crippen LogP contribution in [0, 0.1) is 6.92 Å². The average Bonchev–Trinajstić information content (AvgIpc) is 2.26. The van der Waals surface area contributed by atoms with Gasteiger partial charge < -0.3 is 10.2 Å². The highest BCUT2D eigenvalue weighted by Crippen LogP contribution is 2.12. The van der Waals surface area contributed by atoms with Gasteiger partial charge in [0.1, 0.15) is 0 Å². The Hall–Kier alpha value is -0.950. The van der Waals surface area contributed by atoms with E-state index in [-0.39, 0.29) is 17.1 Å². The lowest BCUT2D eigenvalue weighted by Gasteiger charge is -2.04. The molecule has 0 amide bonds. The molecule has 6 heteroatoms. The lowest BCUT2D eigenvalue weighted by molar-refractivity contribution is 0.133. The third-order valence-corrected chi connectivity index (χ3v) is 3.39. The van der Waals surface area contributed by atoms with Gasteiger partial charge >= 0.3 is 0 Å². The lowest BCUT2D eigenvalue weighted by Crippen LogP contribution is -2.06. The Bertz CT molecular complexity index is 458. The van der Waals surface area contributed by atoms with Crippen LogP contribution in [0.1, 0.15) is 32.3 Å². The zero-order valence-corrected chi connectivity index (χ0v) is 12.3. The Labute approximate surface area is 114 Å². The maximum absolute atomic E-state index is 10.6. The van der Waals surface area contributed by atoms with E-state index in [1.54, 1.807) is 39.0 Å². The van der Waals surface area contributed by atoms with Crippen LogP contribution >= 0.6 is 0 Å². The van der Waals surface area contributed by atoms with E-state index in [1.165, 1.54) is 6.07 Å². The van der Waals surface area contributed by atoms with Gasteiger partial charge in [-0.3, -0.25) is 4.55 Å². The van der Waals surface area contributed by atoms with Crippen LogP contribution in [0.4, 0.5) is 0 Å². The highest BCUT2D eigenvalue weighted by molar-refractivity contribution is 7.85. The summed E-state index contributed by atoms with van der Waals surface area (Å²) in [5.41, 5.74) is 0.551. The summed E-state index contributed by atoms with van der Waals surface area (Å²) in [4.78, 5) is -0.0278. The standard InChI is InChI=1S/C7H8O3S.C6H14O2/c1-6-4-2-3-5-7(6)11(8,9)10;1-5(7)3-4-6(2)8/h2-5H,1H3,(H,8,9,10);5-8H,3-4H2,1-2H3. The molecule has 5 nitrogen and oxygen atoms in total. The van der Waals surface area contributed by atoms with Crippen LogP contribution < -0.4 is 0 Å². The van der Waals surface area contributed by atoms with Gasteiger partial charge in [-0.15, -0.1) is 0 Å². The molecule has 1 rings (SSSR count). The van der Waals surface area contributed by atoms with E-state index in [0.717, 1.165) is 0 Å². The highest BCUT2D eigenvalue weighted by atomic mass is 32.2. The molecule has 0 aliphatic carbocycles. The molecule has 1 aromatic carbocycles. The smallest absolute Gasteiger partial charge is 0.294 e. The topological polar surface area (TPSA) is 94.8 Å². The molecule has 110 valence electrons. The van der Waals surface area contributed by atoms with Crippen LogP contribution in [0.25, 0.3) is 0 Å². The first-order chi connectivity index (χ1) is 8.64. The summed E-state index contributed by atoms with van der Waals surface area (Å²) in [6, 6.07) is 6.27. The predicted molar refractivity (Wildman–Crippen MR) is 73.6 cm³/mol. The molecule has 0 aromatic heterocycles. The summed E-state index contributed by atoms with van der Waals surface area (Å²) in [6.07, 6.45) is 0.837. The molecule has 0 saturated heterocycles. The molecular formula is C13H22O5S. The van der Waals surface area contributed by atoms with Crippen LogP contribution in [0.5, 0.6) is 0 Å². The summed E-state index contributed by atoms with van der Waals surface area (Å²) in [5, 5.41) is 17.4. The molecular weight excluding hydrogens is 268 g/mol. The summed E-state index contributed by atoms with van der Waals surface area (Å²) in [5.74, 6) is 0. The Balaban J connectivity index is 0.000000362. The molecule has 1 aromatic rings. The number of rotatable bonds is 4. The molecule has 0 heterocycles. The van der Waals surface area contributed by atoms with Crippen LogP contribution in [-0.4, -0.2) is 35.4 Å². The van der Waals surface area contributed by atoms with Gasteiger partial charge in [0, 0.05) is 0 Å². The first-order valence-corrected chi connectivity index (χ1v) is 7.48. The minimum Gasteiger partial charge on any atom is -0.393 e. The quantitative estimate of drug-likeness (QED) is 0.735. The van der Waals surface area contributed by atoms with Gasteiger partial charge in [-0.25, -0.2) is 0 Å². The van der Waals surface area contributed by atoms with Crippen molar-refractivity contribution in [2.75, 3.05) is 0 Å². The fraction of sp³-hybridized carbons (Fsp3) is 0.538. The third kappa shape index (κ3) is 8.72. The average molecular weight is 290 g/mol. The molecule has 0 fully saturated rings. The zero-order chi connectivity index (χ0) is 15.1. The second-order valence-electron chi connectivity index (χ2n) is 4.52. The van der Waals surface area contributed by atoms with E-state index in [0.29, 0.717) is 18.4 Å². The fourth-order valence-electron chi connectivity index (χ4n) is 1.33. The van der Waals surface area contributed by atoms with Crippen molar-refractivity contribution in [3.05, 3.63) is 29.8 Å². The van der Waals surface area contributed by atoms with E-state index in [9.17, 15) is 8.42 Å². The maximum atomic E-state index is 10.6. The van der Waals surface area contributed by atoms with Crippen LogP contribution in [0.2, 0.25) is 0 Å². The van der Waals surface area contributed by atoms with Crippen molar-refractivity contribution in [2.45, 2.75) is 50.7 Å². The van der Waals surface area contributed by atoms with E-state index in [1.807, 2.05) is 0 Å². The van der Waals surface area contributed by atoms with Crippen LogP contribution in [0.15, 0.2) is 29.2 Å². The molecule has 3 N–H and O–H groups in total. The van der Waals surface area contributed by atoms with Gasteiger partial charge in [-0.2, -0.15) is 8.42 Å². The Morgan fingerprint density at radius 1 is 1.05 bits per heavy atom. The number of aliphatic hydroxyl groups excluding tert-OH is 2. The van der Waals surface area contributed by atoms with Gasteiger partial charge in [-0.05, 0) is 45.2 Å². The van der Waals surface area contributed by atoms with Gasteiger partial charge in [0.15, 0.2) is 0 Å². The summed E-state index contributed by atoms with van der Waals surface area (Å²) < 4.78 is 29.9. The second kappa shape index (κ2) is 8.27. The molecule has 0 bridgehead atoms. The number of benzene rings is 1. The monoisotopic (exact) mass is 290 g/mol. The van der Waals surface area contributed by atoms with Crippen molar-refractivity contribution < 1.29 is 23.2 Å². The molecule has 0 saturated carbocycles. The molecule has 19 heavy (non-hydrogen) atoms. The highest BCUT2D eigenvalue weighted by Gasteiger charge is 2.10. The number of hydrogen-bond acceptors (Lipinski definition) is 4. The van der Waals surface area contributed by atoms with Gasteiger partial charge in [-0.1, -0.05) is 18.2 Å². The molecule has 0 aliphatic rings. The van der Waals surface area contributed by atoms with E-state index < -0.39 is 10.1 Å². The molecule has 0 radical (unpaired) electrons. The Morgan fingerprint density at radius 2 is 1.47 bits per heavy atom. The van der Waals surface area contributed by atoms with E-state index in [4.69, 9.17) is 14.8 Å².